The molecule has 88 valence electrons. The van der Waals surface area contributed by atoms with Gasteiger partial charge in [0.25, 0.3) is 0 Å². The van der Waals surface area contributed by atoms with E-state index in [2.05, 4.69) is 53.3 Å². The van der Waals surface area contributed by atoms with Crippen molar-refractivity contribution in [3.63, 3.8) is 0 Å². The number of nitrogens with one attached hydrogen (secondary N) is 1. The van der Waals surface area contributed by atoms with E-state index in [9.17, 15) is 0 Å². The molecule has 0 saturated heterocycles. The van der Waals surface area contributed by atoms with E-state index in [1.165, 1.54) is 16.5 Å². The highest BCUT2D eigenvalue weighted by molar-refractivity contribution is 5.83. The molecule has 1 aromatic carbocycles. The molecule has 17 heavy (non-hydrogen) atoms. The first kappa shape index (κ1) is 11.8. The largest absolute Gasteiger partial charge is 0.350 e. The molecule has 0 saturated carbocycles. The van der Waals surface area contributed by atoms with E-state index in [4.69, 9.17) is 6.42 Å². The predicted octanol–water partition coefficient (Wildman–Crippen LogP) is 2.68. The molecule has 0 fully saturated rings. The number of hydrogen-bond donors (Lipinski definition) is 1. The highest BCUT2D eigenvalue weighted by atomic mass is 15.0. The van der Waals surface area contributed by atoms with Gasteiger partial charge in [0.15, 0.2) is 0 Å². The molecule has 0 spiro atoms. The molecular weight excluding hydrogens is 208 g/mol. The van der Waals surface area contributed by atoms with Crippen LogP contribution in [0, 0.1) is 12.3 Å². The van der Waals surface area contributed by atoms with Crippen molar-refractivity contribution in [1.29, 1.82) is 0 Å². The summed E-state index contributed by atoms with van der Waals surface area (Å²) < 4.78 is 2.15. The first-order chi connectivity index (χ1) is 8.03. The molecule has 2 nitrogen and oxygen atoms in total. The summed E-state index contributed by atoms with van der Waals surface area (Å²) in [4.78, 5) is 0. The second-order valence-corrected chi connectivity index (χ2v) is 4.91. The fraction of sp³-hybridized carbons (Fsp3) is 0.333. The standard InChI is InChI=1S/C15H18N2/c1-5-15(2,3)16-10-12-11-17(4)14-9-7-6-8-13(12)14/h1,6-9,11,16H,10H2,2-4H3. The second-order valence-electron chi connectivity index (χ2n) is 4.91. The Morgan fingerprint density at radius 1 is 1.35 bits per heavy atom. The number of terminal acetylenes is 1. The molecule has 0 aliphatic heterocycles. The maximum absolute atomic E-state index is 5.47. The lowest BCUT2D eigenvalue weighted by Gasteiger charge is -2.19. The van der Waals surface area contributed by atoms with Gasteiger partial charge in [-0.25, -0.2) is 0 Å². The molecule has 1 heterocycles. The molecule has 1 N–H and O–H groups in total. The van der Waals surface area contributed by atoms with Crippen LogP contribution in [0.5, 0.6) is 0 Å². The topological polar surface area (TPSA) is 17.0 Å². The van der Waals surface area contributed by atoms with Crippen molar-refractivity contribution in [3.05, 3.63) is 36.0 Å². The lowest BCUT2D eigenvalue weighted by Crippen LogP contribution is -2.36. The zero-order valence-electron chi connectivity index (χ0n) is 10.6. The zero-order valence-corrected chi connectivity index (χ0v) is 10.6. The highest BCUT2D eigenvalue weighted by Crippen LogP contribution is 2.20. The van der Waals surface area contributed by atoms with Crippen molar-refractivity contribution in [2.75, 3.05) is 0 Å². The summed E-state index contributed by atoms with van der Waals surface area (Å²) in [7, 11) is 2.07. The fourth-order valence-corrected chi connectivity index (χ4v) is 1.93. The summed E-state index contributed by atoms with van der Waals surface area (Å²) in [5, 5.41) is 4.67. The minimum atomic E-state index is -0.267. The Balaban J connectivity index is 2.29. The monoisotopic (exact) mass is 226 g/mol. The number of fused-ring (bicyclic) bond motifs is 1. The van der Waals surface area contributed by atoms with Crippen LogP contribution in [0.25, 0.3) is 10.9 Å². The Labute approximate surface area is 103 Å². The lowest BCUT2D eigenvalue weighted by atomic mass is 10.1. The SMILES string of the molecule is C#CC(C)(C)NCc1cn(C)c2ccccc12. The number of aryl methyl sites for hydroxylation is 1. The Bertz CT molecular complexity index is 570. The van der Waals surface area contributed by atoms with Gasteiger partial charge in [-0.15, -0.1) is 6.42 Å². The number of para-hydroxylation sites is 1. The summed E-state index contributed by atoms with van der Waals surface area (Å²) in [5.74, 6) is 2.75. The smallest absolute Gasteiger partial charge is 0.0743 e. The number of aromatic nitrogens is 1. The van der Waals surface area contributed by atoms with Gasteiger partial charge in [-0.2, -0.15) is 0 Å². The second kappa shape index (κ2) is 4.27. The Kier molecular flexibility index (Phi) is 2.95. The van der Waals surface area contributed by atoms with Crippen molar-refractivity contribution < 1.29 is 0 Å². The quantitative estimate of drug-likeness (QED) is 0.796. The summed E-state index contributed by atoms with van der Waals surface area (Å²) in [6.07, 6.45) is 7.63. The third kappa shape index (κ3) is 2.35. The normalized spacial score (nSPS) is 11.6. The molecule has 0 amide bonds. The molecule has 2 aromatic rings. The van der Waals surface area contributed by atoms with Crippen LogP contribution in [0.1, 0.15) is 19.4 Å². The van der Waals surface area contributed by atoms with Gasteiger partial charge in [0.1, 0.15) is 0 Å². The molecule has 2 rings (SSSR count). The Hall–Kier alpha value is -1.72. The van der Waals surface area contributed by atoms with E-state index in [0.29, 0.717) is 0 Å². The molecular formula is C15H18N2. The van der Waals surface area contributed by atoms with Crippen LogP contribution in [-0.4, -0.2) is 10.1 Å². The number of rotatable bonds is 3. The van der Waals surface area contributed by atoms with Crippen molar-refractivity contribution in [2.24, 2.45) is 7.05 Å². The summed E-state index contributed by atoms with van der Waals surface area (Å²) in [6.45, 7) is 4.81. The van der Waals surface area contributed by atoms with Gasteiger partial charge < -0.3 is 4.57 Å². The molecule has 0 radical (unpaired) electrons. The van der Waals surface area contributed by atoms with Crippen LogP contribution < -0.4 is 5.32 Å². The minimum Gasteiger partial charge on any atom is -0.350 e. The van der Waals surface area contributed by atoms with Gasteiger partial charge in [-0.3, -0.25) is 5.32 Å². The van der Waals surface area contributed by atoms with Gasteiger partial charge in [-0.1, -0.05) is 24.1 Å². The average molecular weight is 226 g/mol. The Morgan fingerprint density at radius 3 is 2.76 bits per heavy atom. The third-order valence-corrected chi connectivity index (χ3v) is 3.06. The summed E-state index contributed by atoms with van der Waals surface area (Å²) >= 11 is 0. The Morgan fingerprint density at radius 2 is 2.06 bits per heavy atom. The third-order valence-electron chi connectivity index (χ3n) is 3.06. The van der Waals surface area contributed by atoms with Crippen molar-refractivity contribution in [3.8, 4) is 12.3 Å². The van der Waals surface area contributed by atoms with E-state index in [0.717, 1.165) is 6.54 Å². The molecule has 0 unspecified atom stereocenters. The van der Waals surface area contributed by atoms with Crippen LogP contribution in [0.4, 0.5) is 0 Å². The molecule has 0 aliphatic carbocycles. The molecule has 2 heteroatoms. The predicted molar refractivity (Wildman–Crippen MR) is 72.7 cm³/mol. The van der Waals surface area contributed by atoms with E-state index < -0.39 is 0 Å². The molecule has 0 aliphatic rings. The molecule has 0 atom stereocenters. The molecule has 0 bridgehead atoms. The van der Waals surface area contributed by atoms with Crippen LogP contribution in [0.2, 0.25) is 0 Å². The lowest BCUT2D eigenvalue weighted by molar-refractivity contribution is 0.492. The number of hydrogen-bond acceptors (Lipinski definition) is 1. The van der Waals surface area contributed by atoms with Gasteiger partial charge in [0, 0.05) is 30.7 Å². The highest BCUT2D eigenvalue weighted by Gasteiger charge is 2.14. The maximum atomic E-state index is 5.47. The van der Waals surface area contributed by atoms with Gasteiger partial charge in [0.05, 0.1) is 5.54 Å². The number of benzene rings is 1. The minimum absolute atomic E-state index is 0.267. The van der Waals surface area contributed by atoms with Gasteiger partial charge in [0.2, 0.25) is 0 Å². The molecule has 1 aromatic heterocycles. The van der Waals surface area contributed by atoms with Crippen LogP contribution in [-0.2, 0) is 13.6 Å². The first-order valence-electron chi connectivity index (χ1n) is 5.79. The van der Waals surface area contributed by atoms with Gasteiger partial charge in [-0.05, 0) is 25.5 Å². The fourth-order valence-electron chi connectivity index (χ4n) is 1.93. The van der Waals surface area contributed by atoms with E-state index in [1.807, 2.05) is 13.8 Å². The van der Waals surface area contributed by atoms with Crippen molar-refractivity contribution in [2.45, 2.75) is 25.9 Å². The van der Waals surface area contributed by atoms with E-state index in [1.54, 1.807) is 0 Å². The van der Waals surface area contributed by atoms with Gasteiger partial charge >= 0.3 is 0 Å². The first-order valence-corrected chi connectivity index (χ1v) is 5.79. The number of nitrogens with zero attached hydrogens (tertiary/aromatic N) is 1. The summed E-state index contributed by atoms with van der Waals surface area (Å²) in [6, 6.07) is 8.41. The van der Waals surface area contributed by atoms with Crippen molar-refractivity contribution >= 4 is 10.9 Å². The van der Waals surface area contributed by atoms with Crippen LogP contribution in [0.15, 0.2) is 30.5 Å². The van der Waals surface area contributed by atoms with Crippen molar-refractivity contribution in [1.82, 2.24) is 9.88 Å². The van der Waals surface area contributed by atoms with Crippen LogP contribution in [0.3, 0.4) is 0 Å². The van der Waals surface area contributed by atoms with E-state index in [-0.39, 0.29) is 5.54 Å². The zero-order chi connectivity index (χ0) is 12.5. The summed E-state index contributed by atoms with van der Waals surface area (Å²) in [5.41, 5.74) is 2.27. The van der Waals surface area contributed by atoms with Crippen LogP contribution >= 0.6 is 0 Å². The van der Waals surface area contributed by atoms with E-state index >= 15 is 0 Å². The average Bonchev–Trinajstić information content (AvgIpc) is 2.65. The maximum Gasteiger partial charge on any atom is 0.0743 e.